The monoisotopic (exact) mass is 371 g/mol. The summed E-state index contributed by atoms with van der Waals surface area (Å²) in [4.78, 5) is 2.47. The highest BCUT2D eigenvalue weighted by Gasteiger charge is 2.12. The van der Waals surface area contributed by atoms with E-state index in [0.717, 1.165) is 19.4 Å². The molecule has 5 nitrogen and oxygen atoms in total. The van der Waals surface area contributed by atoms with Gasteiger partial charge in [0.05, 0.1) is 4.90 Å². The van der Waals surface area contributed by atoms with Gasteiger partial charge in [-0.3, -0.25) is 5.43 Å². The number of hydrogen-bond acceptors (Lipinski definition) is 3. The number of hydrogen-bond donors (Lipinski definition) is 3. The lowest BCUT2D eigenvalue weighted by Crippen LogP contribution is -2.46. The maximum absolute atomic E-state index is 12.0. The standard InChI is InChI=1S/C17H29N3O2S2/c1-2-3-4-5-6-7-8-12-15-18-17(23)19-20-24(21,22)16-13-10-9-11-14-16/h9-11,13-14,20H,2-8,12,15H2,1H3,(H2,18,19,23). The topological polar surface area (TPSA) is 70.2 Å². The largest absolute Gasteiger partial charge is 0.362 e. The number of sulfonamides is 1. The molecule has 0 atom stereocenters. The Balaban J connectivity index is 2.08. The smallest absolute Gasteiger partial charge is 0.257 e. The number of thiocarbonyl (C=S) groups is 1. The lowest BCUT2D eigenvalue weighted by molar-refractivity contribution is 0.568. The number of unbranched alkanes of at least 4 members (excludes halogenated alkanes) is 7. The van der Waals surface area contributed by atoms with E-state index in [4.69, 9.17) is 12.2 Å². The van der Waals surface area contributed by atoms with Crippen LogP contribution in [0.15, 0.2) is 35.2 Å². The van der Waals surface area contributed by atoms with Gasteiger partial charge < -0.3 is 5.32 Å². The molecule has 136 valence electrons. The normalized spacial score (nSPS) is 11.2. The first-order valence-corrected chi connectivity index (χ1v) is 10.6. The lowest BCUT2D eigenvalue weighted by atomic mass is 10.1. The summed E-state index contributed by atoms with van der Waals surface area (Å²) in [6.07, 6.45) is 10.00. The second-order valence-corrected chi connectivity index (χ2v) is 7.86. The highest BCUT2D eigenvalue weighted by molar-refractivity contribution is 7.89. The van der Waals surface area contributed by atoms with Crippen molar-refractivity contribution in [2.45, 2.75) is 63.2 Å². The second kappa shape index (κ2) is 12.2. The molecule has 0 radical (unpaired) electrons. The van der Waals surface area contributed by atoms with Gasteiger partial charge in [-0.15, -0.1) is 4.83 Å². The minimum absolute atomic E-state index is 0.198. The Bertz CT molecular complexity index is 562. The number of nitrogens with one attached hydrogen (secondary N) is 3. The van der Waals surface area contributed by atoms with Gasteiger partial charge in [-0.2, -0.15) is 0 Å². The Morgan fingerprint density at radius 1 is 0.958 bits per heavy atom. The van der Waals surface area contributed by atoms with Crippen molar-refractivity contribution < 1.29 is 8.42 Å². The summed E-state index contributed by atoms with van der Waals surface area (Å²) >= 11 is 5.07. The zero-order chi connectivity index (χ0) is 17.7. The Hall–Kier alpha value is -1.18. The summed E-state index contributed by atoms with van der Waals surface area (Å²) in [5.41, 5.74) is 2.53. The van der Waals surface area contributed by atoms with Crippen molar-refractivity contribution in [2.24, 2.45) is 0 Å². The molecule has 7 heteroatoms. The van der Waals surface area contributed by atoms with Crippen LogP contribution < -0.4 is 15.6 Å². The van der Waals surface area contributed by atoms with Gasteiger partial charge in [-0.1, -0.05) is 70.1 Å². The van der Waals surface area contributed by atoms with Crippen LogP contribution in [0.1, 0.15) is 58.3 Å². The van der Waals surface area contributed by atoms with Crippen molar-refractivity contribution in [1.29, 1.82) is 0 Å². The summed E-state index contributed by atoms with van der Waals surface area (Å²) in [7, 11) is -3.59. The van der Waals surface area contributed by atoms with Gasteiger partial charge in [-0.05, 0) is 30.8 Å². The number of rotatable bonds is 12. The fourth-order valence-corrected chi connectivity index (χ4v) is 3.36. The molecular weight excluding hydrogens is 342 g/mol. The van der Waals surface area contributed by atoms with E-state index >= 15 is 0 Å². The summed E-state index contributed by atoms with van der Waals surface area (Å²) in [6.45, 7) is 2.97. The van der Waals surface area contributed by atoms with Crippen molar-refractivity contribution >= 4 is 27.4 Å². The predicted octanol–water partition coefficient (Wildman–Crippen LogP) is 3.48. The molecule has 0 bridgehead atoms. The molecule has 0 fully saturated rings. The van der Waals surface area contributed by atoms with Gasteiger partial charge in [0.1, 0.15) is 0 Å². The first-order chi connectivity index (χ1) is 11.6. The van der Waals surface area contributed by atoms with Crippen LogP contribution in [0, 0.1) is 0 Å². The summed E-state index contributed by atoms with van der Waals surface area (Å²) in [5, 5.41) is 3.30. The van der Waals surface area contributed by atoms with E-state index in [1.807, 2.05) is 0 Å². The van der Waals surface area contributed by atoms with Crippen LogP contribution in [0.3, 0.4) is 0 Å². The summed E-state index contributed by atoms with van der Waals surface area (Å²) in [6, 6.07) is 8.17. The van der Waals surface area contributed by atoms with Crippen LogP contribution in [0.4, 0.5) is 0 Å². The van der Waals surface area contributed by atoms with Gasteiger partial charge in [0.25, 0.3) is 10.0 Å². The molecule has 1 aromatic carbocycles. The molecule has 0 amide bonds. The minimum atomic E-state index is -3.59. The van der Waals surface area contributed by atoms with Crippen molar-refractivity contribution in [3.8, 4) is 0 Å². The fourth-order valence-electron chi connectivity index (χ4n) is 2.28. The summed E-state index contributed by atoms with van der Waals surface area (Å²) < 4.78 is 24.0. The third-order valence-electron chi connectivity index (χ3n) is 3.67. The quantitative estimate of drug-likeness (QED) is 0.298. The predicted molar refractivity (Wildman–Crippen MR) is 103 cm³/mol. The molecule has 0 saturated heterocycles. The van der Waals surface area contributed by atoms with Gasteiger partial charge >= 0.3 is 0 Å². The molecule has 0 aromatic heterocycles. The van der Waals surface area contributed by atoms with Gasteiger partial charge in [0.15, 0.2) is 5.11 Å². The maximum atomic E-state index is 12.0. The van der Waals surface area contributed by atoms with Gasteiger partial charge in [0, 0.05) is 6.54 Å². The van der Waals surface area contributed by atoms with Gasteiger partial charge in [-0.25, -0.2) is 8.42 Å². The second-order valence-electron chi connectivity index (χ2n) is 5.77. The van der Waals surface area contributed by atoms with E-state index < -0.39 is 10.0 Å². The molecule has 0 spiro atoms. The molecule has 1 rings (SSSR count). The number of hydrazine groups is 1. The highest BCUT2D eigenvalue weighted by atomic mass is 32.2. The Morgan fingerprint density at radius 3 is 2.17 bits per heavy atom. The number of benzene rings is 1. The summed E-state index contributed by atoms with van der Waals surface area (Å²) in [5.74, 6) is 0. The van der Waals surface area contributed by atoms with Gasteiger partial charge in [0.2, 0.25) is 0 Å². The zero-order valence-electron chi connectivity index (χ0n) is 14.4. The Morgan fingerprint density at radius 2 is 1.54 bits per heavy atom. The van der Waals surface area contributed by atoms with Crippen LogP contribution in [-0.4, -0.2) is 20.1 Å². The van der Waals surface area contributed by atoms with Crippen LogP contribution in [0.2, 0.25) is 0 Å². The van der Waals surface area contributed by atoms with E-state index in [9.17, 15) is 8.42 Å². The third-order valence-corrected chi connectivity index (χ3v) is 5.18. The minimum Gasteiger partial charge on any atom is -0.362 e. The van der Waals surface area contributed by atoms with Crippen molar-refractivity contribution in [2.75, 3.05) is 6.54 Å². The van der Waals surface area contributed by atoms with E-state index in [2.05, 4.69) is 22.5 Å². The average Bonchev–Trinajstić information content (AvgIpc) is 2.59. The van der Waals surface area contributed by atoms with E-state index in [0.29, 0.717) is 0 Å². The molecule has 0 unspecified atom stereocenters. The average molecular weight is 372 g/mol. The van der Waals surface area contributed by atoms with Crippen LogP contribution in [0.25, 0.3) is 0 Å². The van der Waals surface area contributed by atoms with Crippen LogP contribution >= 0.6 is 12.2 Å². The van der Waals surface area contributed by atoms with Crippen molar-refractivity contribution in [3.05, 3.63) is 30.3 Å². The molecule has 0 aliphatic heterocycles. The van der Waals surface area contributed by atoms with Crippen LogP contribution in [-0.2, 0) is 10.0 Å². The molecule has 1 aromatic rings. The molecule has 0 saturated carbocycles. The Labute approximate surface area is 151 Å². The van der Waals surface area contributed by atoms with E-state index in [1.165, 1.54) is 50.7 Å². The zero-order valence-corrected chi connectivity index (χ0v) is 16.0. The van der Waals surface area contributed by atoms with E-state index in [1.54, 1.807) is 18.2 Å². The maximum Gasteiger partial charge on any atom is 0.257 e. The molecule has 0 heterocycles. The van der Waals surface area contributed by atoms with Crippen LogP contribution in [0.5, 0.6) is 0 Å². The first-order valence-electron chi connectivity index (χ1n) is 8.67. The molecular formula is C17H29N3O2S2. The molecule has 24 heavy (non-hydrogen) atoms. The van der Waals surface area contributed by atoms with E-state index in [-0.39, 0.29) is 10.0 Å². The SMILES string of the molecule is CCCCCCCCCCNC(=S)NNS(=O)(=O)c1ccccc1. The fraction of sp³-hybridized carbons (Fsp3) is 0.588. The first kappa shape index (κ1) is 20.9. The molecule has 0 aliphatic carbocycles. The lowest BCUT2D eigenvalue weighted by Gasteiger charge is -2.12. The third kappa shape index (κ3) is 9.20. The van der Waals surface area contributed by atoms with Crippen molar-refractivity contribution in [1.82, 2.24) is 15.6 Å². The molecule has 3 N–H and O–H groups in total. The Kier molecular flexibility index (Phi) is 10.6. The molecule has 0 aliphatic rings. The van der Waals surface area contributed by atoms with Crippen molar-refractivity contribution in [3.63, 3.8) is 0 Å². The highest BCUT2D eigenvalue weighted by Crippen LogP contribution is 2.08.